The molecule has 0 saturated heterocycles. The molecule has 1 aliphatic rings. The summed E-state index contributed by atoms with van der Waals surface area (Å²) in [5.74, 6) is 0.554. The molecule has 1 atom stereocenters. The van der Waals surface area contributed by atoms with Crippen LogP contribution < -0.4 is 5.48 Å². The number of hydrogen-bond donors (Lipinski definition) is 1. The van der Waals surface area contributed by atoms with Gasteiger partial charge in [0.15, 0.2) is 0 Å². The van der Waals surface area contributed by atoms with Crippen molar-refractivity contribution in [2.24, 2.45) is 4.40 Å². The van der Waals surface area contributed by atoms with Crippen molar-refractivity contribution in [3.8, 4) is 0 Å². The monoisotopic (exact) mass is 180 g/mol. The summed E-state index contributed by atoms with van der Waals surface area (Å²) in [6.45, 7) is 9.67. The predicted octanol–water partition coefficient (Wildman–Crippen LogP) is 1.57. The molecular weight excluding hydrogens is 164 g/mol. The SMILES string of the molecule is CC.CC.CC1=NS(=O)ON1. The molecular formula is C6H16N2O2S. The normalized spacial score (nSPS) is 19.7. The molecule has 0 radical (unpaired) electrons. The molecule has 4 nitrogen and oxygen atoms in total. The van der Waals surface area contributed by atoms with Crippen LogP contribution in [0.25, 0.3) is 0 Å². The van der Waals surface area contributed by atoms with Crippen molar-refractivity contribution in [2.45, 2.75) is 34.6 Å². The third-order valence-electron chi connectivity index (χ3n) is 0.472. The molecule has 0 fully saturated rings. The first-order chi connectivity index (χ1) is 5.29. The topological polar surface area (TPSA) is 50.7 Å². The van der Waals surface area contributed by atoms with Crippen molar-refractivity contribution >= 4 is 17.1 Å². The number of hydroxylamine groups is 1. The molecule has 11 heavy (non-hydrogen) atoms. The number of nitrogens with one attached hydrogen (secondary N) is 1. The first kappa shape index (κ1) is 13.2. The molecule has 68 valence electrons. The minimum absolute atomic E-state index is 0.554. The molecule has 0 saturated carbocycles. The van der Waals surface area contributed by atoms with Gasteiger partial charge >= 0.3 is 11.3 Å². The number of hydrogen-bond acceptors (Lipinski definition) is 3. The lowest BCUT2D eigenvalue weighted by molar-refractivity contribution is 0.304. The van der Waals surface area contributed by atoms with Crippen molar-refractivity contribution in [3.05, 3.63) is 0 Å². The van der Waals surface area contributed by atoms with E-state index in [1.165, 1.54) is 0 Å². The summed E-state index contributed by atoms with van der Waals surface area (Å²) in [6, 6.07) is 0. The van der Waals surface area contributed by atoms with E-state index in [1.807, 2.05) is 27.7 Å². The summed E-state index contributed by atoms with van der Waals surface area (Å²) < 4.78 is 17.8. The van der Waals surface area contributed by atoms with Crippen LogP contribution in [0, 0.1) is 0 Å². The highest BCUT2D eigenvalue weighted by Gasteiger charge is 2.05. The molecule has 0 bridgehead atoms. The molecule has 0 amide bonds. The van der Waals surface area contributed by atoms with E-state index in [0.717, 1.165) is 0 Å². The summed E-state index contributed by atoms with van der Waals surface area (Å²) in [5, 5.41) is 0. The average Bonchev–Trinajstić information content (AvgIpc) is 2.43. The molecule has 1 N–H and O–H groups in total. The van der Waals surface area contributed by atoms with Crippen molar-refractivity contribution in [3.63, 3.8) is 0 Å². The van der Waals surface area contributed by atoms with Gasteiger partial charge in [0, 0.05) is 0 Å². The van der Waals surface area contributed by atoms with Crippen LogP contribution in [-0.4, -0.2) is 10.0 Å². The Hall–Kier alpha value is -0.420. The van der Waals surface area contributed by atoms with E-state index in [0.29, 0.717) is 5.84 Å². The fourth-order valence-corrected chi connectivity index (χ4v) is 0.735. The Morgan fingerprint density at radius 3 is 1.91 bits per heavy atom. The van der Waals surface area contributed by atoms with Crippen molar-refractivity contribution < 1.29 is 8.49 Å². The average molecular weight is 180 g/mol. The Bertz CT molecular complexity index is 137. The number of rotatable bonds is 0. The van der Waals surface area contributed by atoms with Crippen molar-refractivity contribution in [1.29, 1.82) is 0 Å². The van der Waals surface area contributed by atoms with E-state index in [2.05, 4.69) is 14.2 Å². The molecule has 5 heteroatoms. The van der Waals surface area contributed by atoms with Crippen LogP contribution in [-0.2, 0) is 15.6 Å². The smallest absolute Gasteiger partial charge is 0.235 e. The molecule has 0 aromatic heterocycles. The van der Waals surface area contributed by atoms with Gasteiger partial charge in [-0.25, -0.2) is 9.69 Å². The molecule has 0 aromatic rings. The summed E-state index contributed by atoms with van der Waals surface area (Å²) in [6.07, 6.45) is 0. The molecule has 1 heterocycles. The molecule has 1 unspecified atom stereocenters. The highest BCUT2D eigenvalue weighted by Crippen LogP contribution is 1.91. The first-order valence-electron chi connectivity index (χ1n) is 3.69. The Morgan fingerprint density at radius 1 is 1.36 bits per heavy atom. The molecule has 0 aromatic carbocycles. The Balaban J connectivity index is 0. The maximum atomic E-state index is 10.1. The highest BCUT2D eigenvalue weighted by atomic mass is 32.2. The quantitative estimate of drug-likeness (QED) is 0.615. The van der Waals surface area contributed by atoms with Crippen LogP contribution in [0.3, 0.4) is 0 Å². The minimum Gasteiger partial charge on any atom is -0.235 e. The highest BCUT2D eigenvalue weighted by molar-refractivity contribution is 7.79. The van der Waals surface area contributed by atoms with E-state index >= 15 is 0 Å². The van der Waals surface area contributed by atoms with Gasteiger partial charge < -0.3 is 0 Å². The third kappa shape index (κ3) is 7.48. The zero-order chi connectivity index (χ0) is 9.28. The van der Waals surface area contributed by atoms with Gasteiger partial charge in [0.05, 0.1) is 0 Å². The second-order valence-corrected chi connectivity index (χ2v) is 1.86. The standard InChI is InChI=1S/C2H4N2O2S.2C2H6/c1-2-3-6-7(5)4-2;2*1-2/h1H3,(H,3,4);2*1-2H3. The van der Waals surface area contributed by atoms with Crippen LogP contribution in [0.15, 0.2) is 4.40 Å². The Labute approximate surface area is 70.8 Å². The van der Waals surface area contributed by atoms with Crippen LogP contribution in [0.2, 0.25) is 0 Å². The van der Waals surface area contributed by atoms with Gasteiger partial charge in [-0.2, -0.15) is 4.28 Å². The summed E-state index contributed by atoms with van der Waals surface area (Å²) in [5.41, 5.74) is 2.32. The summed E-state index contributed by atoms with van der Waals surface area (Å²) in [4.78, 5) is 0. The zero-order valence-electron chi connectivity index (χ0n) is 7.67. The van der Waals surface area contributed by atoms with Crippen LogP contribution in [0.5, 0.6) is 0 Å². The van der Waals surface area contributed by atoms with Gasteiger partial charge in [-0.3, -0.25) is 0 Å². The predicted molar refractivity (Wildman–Crippen MR) is 48.2 cm³/mol. The Morgan fingerprint density at radius 2 is 1.82 bits per heavy atom. The van der Waals surface area contributed by atoms with Gasteiger partial charge in [0.25, 0.3) is 0 Å². The van der Waals surface area contributed by atoms with Crippen molar-refractivity contribution in [1.82, 2.24) is 5.48 Å². The largest absolute Gasteiger partial charge is 0.309 e. The van der Waals surface area contributed by atoms with Crippen LogP contribution in [0.1, 0.15) is 34.6 Å². The lowest BCUT2D eigenvalue weighted by atomic mass is 10.7. The summed E-state index contributed by atoms with van der Waals surface area (Å²) in [7, 11) is 0. The lowest BCUT2D eigenvalue weighted by Gasteiger charge is -1.83. The minimum atomic E-state index is -1.48. The lowest BCUT2D eigenvalue weighted by Crippen LogP contribution is -2.11. The van der Waals surface area contributed by atoms with E-state index in [-0.39, 0.29) is 0 Å². The van der Waals surface area contributed by atoms with E-state index in [4.69, 9.17) is 0 Å². The van der Waals surface area contributed by atoms with Gasteiger partial charge in [0.1, 0.15) is 5.84 Å². The molecule has 0 aliphatic carbocycles. The number of amidine groups is 1. The van der Waals surface area contributed by atoms with Gasteiger partial charge in [0.2, 0.25) is 0 Å². The first-order valence-corrected chi connectivity index (χ1v) is 4.73. The van der Waals surface area contributed by atoms with E-state index in [9.17, 15) is 4.21 Å². The molecule has 1 rings (SSSR count). The second kappa shape index (κ2) is 9.58. The molecule has 0 spiro atoms. The maximum Gasteiger partial charge on any atom is 0.309 e. The third-order valence-corrected chi connectivity index (χ3v) is 1.12. The van der Waals surface area contributed by atoms with Crippen molar-refractivity contribution in [2.75, 3.05) is 0 Å². The summed E-state index contributed by atoms with van der Waals surface area (Å²) >= 11 is -1.48. The second-order valence-electron chi connectivity index (χ2n) is 1.08. The van der Waals surface area contributed by atoms with Crippen LogP contribution in [0.4, 0.5) is 0 Å². The fraction of sp³-hybridized carbons (Fsp3) is 0.833. The van der Waals surface area contributed by atoms with Gasteiger partial charge in [-0.05, 0) is 6.92 Å². The maximum absolute atomic E-state index is 10.1. The van der Waals surface area contributed by atoms with Gasteiger partial charge in [-0.15, -0.1) is 4.40 Å². The van der Waals surface area contributed by atoms with E-state index in [1.54, 1.807) is 6.92 Å². The molecule has 1 aliphatic heterocycles. The fourth-order valence-electron chi connectivity index (χ4n) is 0.245. The van der Waals surface area contributed by atoms with E-state index < -0.39 is 11.3 Å². The number of nitrogens with zero attached hydrogens (tertiary/aromatic N) is 1. The zero-order valence-corrected chi connectivity index (χ0v) is 8.49. The van der Waals surface area contributed by atoms with Crippen LogP contribution >= 0.6 is 0 Å². The Kier molecular flexibility index (Phi) is 11.5. The van der Waals surface area contributed by atoms with Gasteiger partial charge in [-0.1, -0.05) is 27.7 Å².